The van der Waals surface area contributed by atoms with Crippen molar-refractivity contribution < 1.29 is 19.1 Å². The molecule has 0 aromatic carbocycles. The summed E-state index contributed by atoms with van der Waals surface area (Å²) in [5.74, 6) is -1.96. The van der Waals surface area contributed by atoms with Crippen molar-refractivity contribution in [1.29, 1.82) is 0 Å². The van der Waals surface area contributed by atoms with Crippen LogP contribution in [0, 0.1) is 5.92 Å². The van der Waals surface area contributed by atoms with E-state index in [1.807, 2.05) is 0 Å². The topological polar surface area (TPSA) is 52.6 Å². The number of ether oxygens (including phenoxy) is 2. The number of esters is 2. The van der Waals surface area contributed by atoms with Crippen LogP contribution in [0.2, 0.25) is 0 Å². The molecule has 0 spiro atoms. The van der Waals surface area contributed by atoms with Crippen LogP contribution in [-0.2, 0) is 19.1 Å². The van der Waals surface area contributed by atoms with Gasteiger partial charge in [0.1, 0.15) is 0 Å². The highest BCUT2D eigenvalue weighted by Gasteiger charge is 2.58. The summed E-state index contributed by atoms with van der Waals surface area (Å²) in [5, 5.41) is 0. The molecule has 2 aliphatic heterocycles. The first-order valence-corrected chi connectivity index (χ1v) is 4.14. The summed E-state index contributed by atoms with van der Waals surface area (Å²) < 4.78 is 10.0. The molecule has 0 aromatic rings. The molecule has 0 radical (unpaired) electrons. The Kier molecular flexibility index (Phi) is 1.49. The number of fused-ring (bicyclic) bond motifs is 1. The first-order valence-electron chi connectivity index (χ1n) is 4.14. The summed E-state index contributed by atoms with van der Waals surface area (Å²) in [7, 11) is 0. The van der Waals surface area contributed by atoms with Crippen LogP contribution in [-0.4, -0.2) is 17.7 Å². The maximum atomic E-state index is 11.0. The third-order valence-corrected chi connectivity index (χ3v) is 2.49. The van der Waals surface area contributed by atoms with Gasteiger partial charge in [-0.1, -0.05) is 6.58 Å². The highest BCUT2D eigenvalue weighted by molar-refractivity contribution is 5.80. The quantitative estimate of drug-likeness (QED) is 0.444. The Labute approximate surface area is 75.5 Å². The Morgan fingerprint density at radius 2 is 1.85 bits per heavy atom. The molecule has 0 saturated carbocycles. The van der Waals surface area contributed by atoms with Gasteiger partial charge in [-0.25, -0.2) is 0 Å². The maximum absolute atomic E-state index is 11.0. The molecule has 4 heteroatoms. The summed E-state index contributed by atoms with van der Waals surface area (Å²) >= 11 is 0. The van der Waals surface area contributed by atoms with E-state index in [0.717, 1.165) is 0 Å². The fourth-order valence-corrected chi connectivity index (χ4v) is 1.88. The van der Waals surface area contributed by atoms with Gasteiger partial charge in [-0.05, 0) is 6.92 Å². The zero-order valence-corrected chi connectivity index (χ0v) is 7.33. The Hall–Kier alpha value is -1.32. The van der Waals surface area contributed by atoms with Crippen molar-refractivity contribution in [2.24, 2.45) is 5.92 Å². The molecule has 2 fully saturated rings. The monoisotopic (exact) mass is 182 g/mol. The summed E-state index contributed by atoms with van der Waals surface area (Å²) in [5.41, 5.74) is 0.578. The maximum Gasteiger partial charge on any atom is 0.309 e. The summed E-state index contributed by atoms with van der Waals surface area (Å²) in [6.45, 7) is 5.38. The molecular weight excluding hydrogens is 172 g/mol. The second-order valence-corrected chi connectivity index (χ2v) is 3.50. The van der Waals surface area contributed by atoms with Gasteiger partial charge in [-0.15, -0.1) is 0 Å². The van der Waals surface area contributed by atoms with Crippen LogP contribution in [0.1, 0.15) is 19.8 Å². The number of hydrogen-bond acceptors (Lipinski definition) is 4. The zero-order valence-electron chi connectivity index (χ0n) is 7.33. The number of carbonyl (C=O) groups is 2. The molecule has 0 N–H and O–H groups in total. The average molecular weight is 182 g/mol. The molecule has 0 amide bonds. The van der Waals surface area contributed by atoms with Crippen LogP contribution in [0.15, 0.2) is 12.2 Å². The number of hydrogen-bond donors (Lipinski definition) is 0. The van der Waals surface area contributed by atoms with Gasteiger partial charge in [0.25, 0.3) is 5.79 Å². The van der Waals surface area contributed by atoms with Gasteiger partial charge in [-0.2, -0.15) is 0 Å². The molecule has 0 bridgehead atoms. The van der Waals surface area contributed by atoms with E-state index in [1.54, 1.807) is 6.92 Å². The largest absolute Gasteiger partial charge is 0.418 e. The number of carbonyl (C=O) groups excluding carboxylic acids is 2. The van der Waals surface area contributed by atoms with Gasteiger partial charge in [0.2, 0.25) is 0 Å². The van der Waals surface area contributed by atoms with Gasteiger partial charge in [0.15, 0.2) is 0 Å². The van der Waals surface area contributed by atoms with Crippen LogP contribution in [0.4, 0.5) is 0 Å². The summed E-state index contributed by atoms with van der Waals surface area (Å²) in [6, 6.07) is 0. The van der Waals surface area contributed by atoms with E-state index in [1.165, 1.54) is 0 Å². The summed E-state index contributed by atoms with van der Waals surface area (Å²) in [4.78, 5) is 22.0. The molecule has 13 heavy (non-hydrogen) atoms. The Morgan fingerprint density at radius 3 is 2.15 bits per heavy atom. The lowest BCUT2D eigenvalue weighted by molar-refractivity contribution is -0.192. The van der Waals surface area contributed by atoms with E-state index in [-0.39, 0.29) is 30.7 Å². The van der Waals surface area contributed by atoms with Crippen molar-refractivity contribution in [3.05, 3.63) is 12.2 Å². The van der Waals surface area contributed by atoms with Crippen molar-refractivity contribution >= 4 is 11.9 Å². The molecule has 70 valence electrons. The molecule has 2 aliphatic rings. The lowest BCUT2D eigenvalue weighted by atomic mass is 9.93. The van der Waals surface area contributed by atoms with E-state index in [0.29, 0.717) is 5.57 Å². The van der Waals surface area contributed by atoms with Crippen molar-refractivity contribution in [2.75, 3.05) is 0 Å². The Morgan fingerprint density at radius 1 is 1.38 bits per heavy atom. The standard InChI is InChI=1S/C9H10O4/c1-5(2)9-6(3-7(10)12-9)4-8(11)13-9/h6H,1,3-4H2,2H3. The highest BCUT2D eigenvalue weighted by Crippen LogP contribution is 2.45. The number of rotatable bonds is 1. The van der Waals surface area contributed by atoms with E-state index < -0.39 is 5.79 Å². The lowest BCUT2D eigenvalue weighted by Gasteiger charge is -2.25. The molecular formula is C9H10O4. The van der Waals surface area contributed by atoms with E-state index >= 15 is 0 Å². The van der Waals surface area contributed by atoms with Crippen LogP contribution in [0.5, 0.6) is 0 Å². The highest BCUT2D eigenvalue weighted by atomic mass is 16.7. The van der Waals surface area contributed by atoms with Crippen molar-refractivity contribution in [3.8, 4) is 0 Å². The third-order valence-electron chi connectivity index (χ3n) is 2.49. The second kappa shape index (κ2) is 2.34. The zero-order chi connectivity index (χ0) is 9.64. The van der Waals surface area contributed by atoms with Crippen LogP contribution in [0.25, 0.3) is 0 Å². The molecule has 2 heterocycles. The predicted octanol–water partition coefficient (Wildman–Crippen LogP) is 0.769. The van der Waals surface area contributed by atoms with Gasteiger partial charge in [0, 0.05) is 5.57 Å². The molecule has 0 unspecified atom stereocenters. The van der Waals surface area contributed by atoms with Gasteiger partial charge in [0.05, 0.1) is 18.8 Å². The minimum Gasteiger partial charge on any atom is -0.418 e. The van der Waals surface area contributed by atoms with E-state index in [2.05, 4.69) is 6.58 Å². The van der Waals surface area contributed by atoms with Gasteiger partial charge >= 0.3 is 11.9 Å². The Balaban J connectivity index is 2.37. The minimum atomic E-state index is -1.14. The van der Waals surface area contributed by atoms with Crippen LogP contribution in [0.3, 0.4) is 0 Å². The molecule has 2 saturated heterocycles. The van der Waals surface area contributed by atoms with Gasteiger partial charge in [-0.3, -0.25) is 9.59 Å². The smallest absolute Gasteiger partial charge is 0.309 e. The molecule has 2 rings (SSSR count). The van der Waals surface area contributed by atoms with Crippen molar-refractivity contribution in [1.82, 2.24) is 0 Å². The third kappa shape index (κ3) is 0.978. The molecule has 4 nitrogen and oxygen atoms in total. The predicted molar refractivity (Wildman–Crippen MR) is 42.5 cm³/mol. The van der Waals surface area contributed by atoms with Crippen LogP contribution < -0.4 is 0 Å². The van der Waals surface area contributed by atoms with Gasteiger partial charge < -0.3 is 9.47 Å². The van der Waals surface area contributed by atoms with Crippen molar-refractivity contribution in [2.45, 2.75) is 25.6 Å². The SMILES string of the molecule is C=C(C)C12OC(=O)CC1CC(=O)O2. The molecule has 0 aromatic heterocycles. The van der Waals surface area contributed by atoms with E-state index in [4.69, 9.17) is 9.47 Å². The second-order valence-electron chi connectivity index (χ2n) is 3.50. The first-order chi connectivity index (χ1) is 6.04. The fourth-order valence-electron chi connectivity index (χ4n) is 1.88. The fraction of sp³-hybridized carbons (Fsp3) is 0.556. The molecule has 0 aliphatic carbocycles. The first kappa shape index (κ1) is 8.29. The molecule has 0 atom stereocenters. The average Bonchev–Trinajstić information content (AvgIpc) is 2.40. The normalized spacial score (nSPS) is 36.8. The summed E-state index contributed by atoms with van der Waals surface area (Å²) in [6.07, 6.45) is 0.497. The van der Waals surface area contributed by atoms with Crippen LogP contribution >= 0.6 is 0 Å². The lowest BCUT2D eigenvalue weighted by Crippen LogP contribution is -2.34. The van der Waals surface area contributed by atoms with Crippen molar-refractivity contribution in [3.63, 3.8) is 0 Å². The Bertz CT molecular complexity index is 285. The minimum absolute atomic E-state index is 0.176. The van der Waals surface area contributed by atoms with E-state index in [9.17, 15) is 9.59 Å².